The molecule has 6 N–H and O–H groups in total. The summed E-state index contributed by atoms with van der Waals surface area (Å²) in [4.78, 5) is 54.3. The van der Waals surface area contributed by atoms with E-state index in [1.807, 2.05) is 142 Å². The minimum atomic E-state index is -1.40. The van der Waals surface area contributed by atoms with Gasteiger partial charge in [0, 0.05) is 12.0 Å². The summed E-state index contributed by atoms with van der Waals surface area (Å²) in [5.41, 5.74) is 2.82. The van der Waals surface area contributed by atoms with Crippen molar-refractivity contribution >= 4 is 24.0 Å². The van der Waals surface area contributed by atoms with E-state index in [1.165, 1.54) is 0 Å². The number of alkyl carbamates (subject to hydrolysis) is 2. The maximum Gasteiger partial charge on any atom is 0.408 e. The van der Waals surface area contributed by atoms with Crippen LogP contribution in [0.15, 0.2) is 121 Å². The number of carbonyl (C=O) groups is 4. The van der Waals surface area contributed by atoms with Crippen molar-refractivity contribution in [2.24, 2.45) is 17.3 Å². The molecule has 6 atom stereocenters. The van der Waals surface area contributed by atoms with Crippen molar-refractivity contribution in [3.63, 3.8) is 0 Å². The smallest absolute Gasteiger partial charge is 0.408 e. The second-order valence-corrected chi connectivity index (χ2v) is 16.4. The second kappa shape index (κ2) is 23.0. The van der Waals surface area contributed by atoms with Crippen molar-refractivity contribution in [1.29, 1.82) is 0 Å². The molecule has 0 aromatic heterocycles. The van der Waals surface area contributed by atoms with Crippen LogP contribution in [0.5, 0.6) is 0 Å². The molecule has 59 heavy (non-hydrogen) atoms. The first kappa shape index (κ1) is 46.0. The molecule has 0 fully saturated rings. The Bertz CT molecular complexity index is 1870. The van der Waals surface area contributed by atoms with Crippen molar-refractivity contribution in [1.82, 2.24) is 21.3 Å². The highest BCUT2D eigenvalue weighted by Crippen LogP contribution is 2.24. The van der Waals surface area contributed by atoms with Crippen LogP contribution >= 0.6 is 0 Å². The standard InChI is InChI=1S/C47H60N4O8/c1-32(2)41(51-46(57)59-31-36-24-16-9-17-25-36)44(55)49-39(27-34-20-12-7-13-21-34)42(53)37(29-52)38(26-33-18-10-6-11-19-33)48-43(54)40(28-47(3,4)5)50-45(56)58-30-35-22-14-8-15-23-35/h6-25,32,37-42,52-53H,26-31H2,1-5H3,(H,48,54)(H,49,55)(H,50,56)(H,51,57). The summed E-state index contributed by atoms with van der Waals surface area (Å²) in [6.45, 7) is 8.89. The molecule has 0 heterocycles. The molecule has 0 aliphatic carbocycles. The van der Waals surface area contributed by atoms with Gasteiger partial charge in [0.1, 0.15) is 25.3 Å². The minimum absolute atomic E-state index is 0.0160. The molecule has 0 saturated carbocycles. The average molecular weight is 809 g/mol. The van der Waals surface area contributed by atoms with E-state index in [0.29, 0.717) is 0 Å². The largest absolute Gasteiger partial charge is 0.445 e. The Hall–Kier alpha value is -5.72. The maximum absolute atomic E-state index is 14.3. The fraction of sp³-hybridized carbons (Fsp3) is 0.404. The fourth-order valence-electron chi connectivity index (χ4n) is 6.79. The van der Waals surface area contributed by atoms with Crippen LogP contribution in [-0.4, -0.2) is 71.1 Å². The monoisotopic (exact) mass is 808 g/mol. The molecule has 12 nitrogen and oxygen atoms in total. The van der Waals surface area contributed by atoms with E-state index in [0.717, 1.165) is 22.3 Å². The molecule has 0 aliphatic heterocycles. The van der Waals surface area contributed by atoms with Crippen LogP contribution in [-0.2, 0) is 45.1 Å². The van der Waals surface area contributed by atoms with Gasteiger partial charge in [-0.2, -0.15) is 0 Å². The van der Waals surface area contributed by atoms with E-state index >= 15 is 0 Å². The summed E-state index contributed by atoms with van der Waals surface area (Å²) in [7, 11) is 0. The van der Waals surface area contributed by atoms with E-state index in [-0.39, 0.29) is 43.8 Å². The number of ether oxygens (including phenoxy) is 2. The molecule has 4 aromatic carbocycles. The van der Waals surface area contributed by atoms with Crippen molar-refractivity contribution in [3.8, 4) is 0 Å². The number of amides is 4. The highest BCUT2D eigenvalue weighted by molar-refractivity contribution is 5.87. The Morgan fingerprint density at radius 1 is 0.576 bits per heavy atom. The Kier molecular flexibility index (Phi) is 17.9. The summed E-state index contributed by atoms with van der Waals surface area (Å²) in [6, 6.07) is 33.1. The summed E-state index contributed by atoms with van der Waals surface area (Å²) < 4.78 is 10.9. The van der Waals surface area contributed by atoms with Crippen molar-refractivity contribution in [2.75, 3.05) is 6.61 Å². The molecule has 0 bridgehead atoms. The number of carbonyl (C=O) groups excluding carboxylic acids is 4. The molecule has 0 aliphatic rings. The van der Waals surface area contributed by atoms with E-state index in [4.69, 9.17) is 9.47 Å². The number of benzene rings is 4. The van der Waals surface area contributed by atoms with Crippen LogP contribution in [0.4, 0.5) is 9.59 Å². The average Bonchev–Trinajstić information content (AvgIpc) is 3.21. The van der Waals surface area contributed by atoms with Crippen LogP contribution in [0.3, 0.4) is 0 Å². The zero-order valence-corrected chi connectivity index (χ0v) is 34.7. The van der Waals surface area contributed by atoms with E-state index in [9.17, 15) is 29.4 Å². The van der Waals surface area contributed by atoms with Gasteiger partial charge in [0.25, 0.3) is 0 Å². The molecule has 0 radical (unpaired) electrons. The van der Waals surface area contributed by atoms with Crippen LogP contribution in [0.1, 0.15) is 63.3 Å². The minimum Gasteiger partial charge on any atom is -0.445 e. The van der Waals surface area contributed by atoms with Crippen molar-refractivity contribution in [3.05, 3.63) is 144 Å². The summed E-state index contributed by atoms with van der Waals surface area (Å²) >= 11 is 0. The molecule has 4 amide bonds. The normalized spacial score (nSPS) is 14.4. The van der Waals surface area contributed by atoms with Crippen molar-refractivity contribution < 1.29 is 38.9 Å². The highest BCUT2D eigenvalue weighted by Gasteiger charge is 2.38. The molecule has 4 aromatic rings. The van der Waals surface area contributed by atoms with Gasteiger partial charge in [-0.15, -0.1) is 0 Å². The van der Waals surface area contributed by atoms with Gasteiger partial charge in [0.2, 0.25) is 11.8 Å². The van der Waals surface area contributed by atoms with Gasteiger partial charge in [-0.05, 0) is 52.8 Å². The lowest BCUT2D eigenvalue weighted by Crippen LogP contribution is -2.60. The van der Waals surface area contributed by atoms with Crippen LogP contribution in [0, 0.1) is 17.3 Å². The number of hydrogen-bond donors (Lipinski definition) is 6. The molecule has 4 rings (SSSR count). The predicted octanol–water partition coefficient (Wildman–Crippen LogP) is 6.09. The summed E-state index contributed by atoms with van der Waals surface area (Å²) in [5, 5.41) is 34.7. The Morgan fingerprint density at radius 3 is 1.41 bits per heavy atom. The Labute approximate surface area is 348 Å². The van der Waals surface area contributed by atoms with Gasteiger partial charge in [0.15, 0.2) is 0 Å². The quantitative estimate of drug-likeness (QED) is 0.0622. The van der Waals surface area contributed by atoms with E-state index in [1.54, 1.807) is 13.8 Å². The lowest BCUT2D eigenvalue weighted by Gasteiger charge is -2.37. The van der Waals surface area contributed by atoms with Crippen molar-refractivity contribution in [2.45, 2.75) is 97.4 Å². The SMILES string of the molecule is CC(C)C(NC(=O)OCc1ccccc1)C(=O)NC(Cc1ccccc1)C(O)C(CO)C(Cc1ccccc1)NC(=O)C(CC(C)(C)C)NC(=O)OCc1ccccc1. The molecular weight excluding hydrogens is 749 g/mol. The van der Waals surface area contributed by atoms with Gasteiger partial charge in [-0.1, -0.05) is 156 Å². The van der Waals surface area contributed by atoms with E-state index < -0.39 is 66.8 Å². The summed E-state index contributed by atoms with van der Waals surface area (Å²) in [6.07, 6.45) is -2.30. The number of aliphatic hydroxyl groups is 2. The highest BCUT2D eigenvalue weighted by atomic mass is 16.6. The summed E-state index contributed by atoms with van der Waals surface area (Å²) in [5.74, 6) is -2.45. The van der Waals surface area contributed by atoms with E-state index in [2.05, 4.69) is 21.3 Å². The molecular formula is C47H60N4O8. The lowest BCUT2D eigenvalue weighted by molar-refractivity contribution is -0.128. The predicted molar refractivity (Wildman–Crippen MR) is 227 cm³/mol. The molecule has 0 spiro atoms. The molecule has 12 heteroatoms. The second-order valence-electron chi connectivity index (χ2n) is 16.4. The van der Waals surface area contributed by atoms with Gasteiger partial charge in [0.05, 0.1) is 18.8 Å². The molecule has 0 saturated heterocycles. The topological polar surface area (TPSA) is 175 Å². The third-order valence-corrected chi connectivity index (χ3v) is 9.90. The van der Waals surface area contributed by atoms with Gasteiger partial charge in [-0.25, -0.2) is 9.59 Å². The third kappa shape index (κ3) is 15.9. The molecule has 316 valence electrons. The lowest BCUT2D eigenvalue weighted by atomic mass is 9.83. The number of aliphatic hydroxyl groups excluding tert-OH is 2. The first-order valence-corrected chi connectivity index (χ1v) is 20.1. The van der Waals surface area contributed by atoms with Crippen LogP contribution in [0.2, 0.25) is 0 Å². The van der Waals surface area contributed by atoms with Gasteiger partial charge in [-0.3, -0.25) is 9.59 Å². The zero-order valence-electron chi connectivity index (χ0n) is 34.7. The third-order valence-electron chi connectivity index (χ3n) is 9.90. The Morgan fingerprint density at radius 2 is 0.983 bits per heavy atom. The fourth-order valence-corrected chi connectivity index (χ4v) is 6.79. The number of hydrogen-bond acceptors (Lipinski definition) is 8. The number of rotatable bonds is 20. The molecule has 6 unspecified atom stereocenters. The van der Waals surface area contributed by atoms with Gasteiger partial charge < -0.3 is 41.0 Å². The number of nitrogens with one attached hydrogen (secondary N) is 4. The van der Waals surface area contributed by atoms with Crippen LogP contribution < -0.4 is 21.3 Å². The van der Waals surface area contributed by atoms with Crippen LogP contribution in [0.25, 0.3) is 0 Å². The van der Waals surface area contributed by atoms with Gasteiger partial charge >= 0.3 is 12.2 Å². The first-order valence-electron chi connectivity index (χ1n) is 20.1. The Balaban J connectivity index is 1.59. The zero-order chi connectivity index (χ0) is 42.8. The maximum atomic E-state index is 14.3. The first-order chi connectivity index (χ1) is 28.2.